The van der Waals surface area contributed by atoms with Gasteiger partial charge in [-0.2, -0.15) is 0 Å². The van der Waals surface area contributed by atoms with Crippen LogP contribution >= 0.6 is 0 Å². The van der Waals surface area contributed by atoms with Crippen LogP contribution in [0, 0.1) is 0 Å². The van der Waals surface area contributed by atoms with Gasteiger partial charge in [0.05, 0.1) is 10.6 Å². The fourth-order valence-electron chi connectivity index (χ4n) is 1.19. The highest BCUT2D eigenvalue weighted by molar-refractivity contribution is 7.91. The first-order valence-electron chi connectivity index (χ1n) is 4.79. The van der Waals surface area contributed by atoms with Gasteiger partial charge in [0.1, 0.15) is 0 Å². The molecule has 1 rings (SSSR count). The molecule has 0 fully saturated rings. The average molecular weight is 213 g/mol. The number of unbranched alkanes of at least 4 members (excludes halogenated alkanes) is 2. The molecule has 14 heavy (non-hydrogen) atoms. The molecule has 0 unspecified atom stereocenters. The summed E-state index contributed by atoms with van der Waals surface area (Å²) in [6.45, 7) is 2.05. The van der Waals surface area contributed by atoms with Gasteiger partial charge in [-0.05, 0) is 18.6 Å². The van der Waals surface area contributed by atoms with Gasteiger partial charge < -0.3 is 0 Å². The standard InChI is InChI=1S/C10H15NO2S/c1-2-3-4-8-14(12,13)10-6-5-7-11-9-10/h5-7,9H,2-4,8H2,1H3. The van der Waals surface area contributed by atoms with Crippen LogP contribution in [0.2, 0.25) is 0 Å². The molecule has 0 saturated carbocycles. The van der Waals surface area contributed by atoms with Crippen molar-refractivity contribution in [3.63, 3.8) is 0 Å². The molecule has 0 N–H and O–H groups in total. The van der Waals surface area contributed by atoms with Gasteiger partial charge in [-0.15, -0.1) is 0 Å². The van der Waals surface area contributed by atoms with E-state index in [1.165, 1.54) is 6.20 Å². The molecular formula is C10H15NO2S. The van der Waals surface area contributed by atoms with Crippen LogP contribution in [-0.2, 0) is 9.84 Å². The number of aromatic nitrogens is 1. The number of hydrogen-bond acceptors (Lipinski definition) is 3. The van der Waals surface area contributed by atoms with Crippen LogP contribution in [0.3, 0.4) is 0 Å². The predicted octanol–water partition coefficient (Wildman–Crippen LogP) is 2.05. The molecule has 1 heterocycles. The van der Waals surface area contributed by atoms with E-state index < -0.39 is 9.84 Å². The van der Waals surface area contributed by atoms with E-state index in [9.17, 15) is 8.42 Å². The molecular weight excluding hydrogens is 198 g/mol. The van der Waals surface area contributed by atoms with E-state index in [4.69, 9.17) is 0 Å². The van der Waals surface area contributed by atoms with Crippen LogP contribution in [0.15, 0.2) is 29.4 Å². The van der Waals surface area contributed by atoms with Crippen molar-refractivity contribution in [1.29, 1.82) is 0 Å². The summed E-state index contributed by atoms with van der Waals surface area (Å²) in [5, 5.41) is 0. The first kappa shape index (κ1) is 11.2. The summed E-state index contributed by atoms with van der Waals surface area (Å²) < 4.78 is 23.3. The van der Waals surface area contributed by atoms with Crippen LogP contribution in [0.25, 0.3) is 0 Å². The van der Waals surface area contributed by atoms with Crippen LogP contribution < -0.4 is 0 Å². The molecule has 0 aliphatic carbocycles. The Morgan fingerprint density at radius 2 is 2.14 bits per heavy atom. The molecule has 0 aromatic carbocycles. The summed E-state index contributed by atoms with van der Waals surface area (Å²) in [7, 11) is -3.10. The van der Waals surface area contributed by atoms with E-state index in [0.717, 1.165) is 19.3 Å². The maximum atomic E-state index is 11.7. The highest BCUT2D eigenvalue weighted by Gasteiger charge is 2.12. The van der Waals surface area contributed by atoms with E-state index in [1.807, 2.05) is 0 Å². The van der Waals surface area contributed by atoms with Gasteiger partial charge in [0, 0.05) is 12.4 Å². The van der Waals surface area contributed by atoms with E-state index in [2.05, 4.69) is 11.9 Å². The van der Waals surface area contributed by atoms with Crippen molar-refractivity contribution in [3.05, 3.63) is 24.5 Å². The molecule has 0 radical (unpaired) electrons. The molecule has 4 heteroatoms. The first-order valence-corrected chi connectivity index (χ1v) is 6.45. The number of nitrogens with zero attached hydrogens (tertiary/aromatic N) is 1. The molecule has 1 aromatic rings. The topological polar surface area (TPSA) is 47.0 Å². The lowest BCUT2D eigenvalue weighted by Crippen LogP contribution is -2.06. The molecule has 0 aliphatic heterocycles. The molecule has 0 bridgehead atoms. The van der Waals surface area contributed by atoms with Crippen molar-refractivity contribution in [2.75, 3.05) is 5.75 Å². The highest BCUT2D eigenvalue weighted by Crippen LogP contribution is 2.10. The summed E-state index contributed by atoms with van der Waals surface area (Å²) in [6, 6.07) is 3.24. The van der Waals surface area contributed by atoms with Crippen molar-refractivity contribution in [1.82, 2.24) is 4.98 Å². The second kappa shape index (κ2) is 5.10. The smallest absolute Gasteiger partial charge is 0.179 e. The van der Waals surface area contributed by atoms with E-state index in [0.29, 0.717) is 4.90 Å². The highest BCUT2D eigenvalue weighted by atomic mass is 32.2. The lowest BCUT2D eigenvalue weighted by molar-refractivity contribution is 0.590. The first-order chi connectivity index (χ1) is 6.67. The number of rotatable bonds is 5. The molecule has 0 spiro atoms. The van der Waals surface area contributed by atoms with Crippen molar-refractivity contribution in [2.45, 2.75) is 31.1 Å². The van der Waals surface area contributed by atoms with Crippen molar-refractivity contribution >= 4 is 9.84 Å². The monoisotopic (exact) mass is 213 g/mol. The normalized spacial score (nSPS) is 11.5. The fourth-order valence-corrected chi connectivity index (χ4v) is 2.52. The molecule has 3 nitrogen and oxygen atoms in total. The second-order valence-corrected chi connectivity index (χ2v) is 5.32. The largest absolute Gasteiger partial charge is 0.263 e. The number of pyridine rings is 1. The Balaban J connectivity index is 2.67. The Bertz CT molecular complexity index is 359. The third-order valence-corrected chi connectivity index (χ3v) is 3.80. The summed E-state index contributed by atoms with van der Waals surface area (Å²) in [5.41, 5.74) is 0. The van der Waals surface area contributed by atoms with E-state index >= 15 is 0 Å². The van der Waals surface area contributed by atoms with Gasteiger partial charge in [-0.3, -0.25) is 4.98 Å². The van der Waals surface area contributed by atoms with Crippen molar-refractivity contribution < 1.29 is 8.42 Å². The molecule has 0 saturated heterocycles. The van der Waals surface area contributed by atoms with Gasteiger partial charge >= 0.3 is 0 Å². The zero-order valence-corrected chi connectivity index (χ0v) is 9.13. The summed E-state index contributed by atoms with van der Waals surface area (Å²) >= 11 is 0. The van der Waals surface area contributed by atoms with E-state index in [1.54, 1.807) is 18.3 Å². The minimum Gasteiger partial charge on any atom is -0.263 e. The Hall–Kier alpha value is -0.900. The average Bonchev–Trinajstić information content (AvgIpc) is 2.19. The lowest BCUT2D eigenvalue weighted by atomic mass is 10.3. The number of hydrogen-bond donors (Lipinski definition) is 0. The van der Waals surface area contributed by atoms with Gasteiger partial charge in [0.25, 0.3) is 0 Å². The molecule has 0 aliphatic rings. The third-order valence-electron chi connectivity index (χ3n) is 2.01. The van der Waals surface area contributed by atoms with Crippen molar-refractivity contribution in [2.24, 2.45) is 0 Å². The lowest BCUT2D eigenvalue weighted by Gasteiger charge is -2.02. The third kappa shape index (κ3) is 3.10. The Labute approximate surface area is 85.1 Å². The minimum absolute atomic E-state index is 0.229. The van der Waals surface area contributed by atoms with Crippen LogP contribution in [-0.4, -0.2) is 19.2 Å². The quantitative estimate of drug-likeness (QED) is 0.703. The molecule has 1 aromatic heterocycles. The van der Waals surface area contributed by atoms with Gasteiger partial charge in [-0.1, -0.05) is 19.8 Å². The maximum absolute atomic E-state index is 11.7. The predicted molar refractivity (Wildman–Crippen MR) is 55.8 cm³/mol. The van der Waals surface area contributed by atoms with Gasteiger partial charge in [0.15, 0.2) is 9.84 Å². The second-order valence-electron chi connectivity index (χ2n) is 3.21. The SMILES string of the molecule is CCCCCS(=O)(=O)c1cccnc1. The Morgan fingerprint density at radius 1 is 1.36 bits per heavy atom. The Kier molecular flexibility index (Phi) is 4.07. The molecule has 78 valence electrons. The van der Waals surface area contributed by atoms with E-state index in [-0.39, 0.29) is 5.75 Å². The summed E-state index contributed by atoms with van der Waals surface area (Å²) in [5.74, 6) is 0.229. The maximum Gasteiger partial charge on any atom is 0.179 e. The van der Waals surface area contributed by atoms with Crippen molar-refractivity contribution in [3.8, 4) is 0 Å². The molecule has 0 atom stereocenters. The Morgan fingerprint density at radius 3 is 2.71 bits per heavy atom. The zero-order valence-electron chi connectivity index (χ0n) is 8.31. The molecule has 0 amide bonds. The van der Waals surface area contributed by atoms with Crippen LogP contribution in [0.5, 0.6) is 0 Å². The fraction of sp³-hybridized carbons (Fsp3) is 0.500. The number of sulfone groups is 1. The minimum atomic E-state index is -3.10. The van der Waals surface area contributed by atoms with Gasteiger partial charge in [-0.25, -0.2) is 8.42 Å². The zero-order chi connectivity index (χ0) is 10.4. The summed E-state index contributed by atoms with van der Waals surface area (Å²) in [4.78, 5) is 4.13. The van der Waals surface area contributed by atoms with Crippen LogP contribution in [0.4, 0.5) is 0 Å². The summed E-state index contributed by atoms with van der Waals surface area (Å²) in [6.07, 6.45) is 5.70. The van der Waals surface area contributed by atoms with Gasteiger partial charge in [0.2, 0.25) is 0 Å². The van der Waals surface area contributed by atoms with Crippen LogP contribution in [0.1, 0.15) is 26.2 Å².